The Morgan fingerprint density at radius 3 is 2.29 bits per heavy atom. The summed E-state index contributed by atoms with van der Waals surface area (Å²) in [5.41, 5.74) is -4.21. The molecule has 0 saturated carbocycles. The number of fused-ring (bicyclic) bond motifs is 4. The predicted octanol–water partition coefficient (Wildman–Crippen LogP) is 4.62. The molecule has 0 bridgehead atoms. The van der Waals surface area contributed by atoms with E-state index in [4.69, 9.17) is 17.7 Å². The van der Waals surface area contributed by atoms with Crippen molar-refractivity contribution in [2.24, 2.45) is 7.05 Å². The van der Waals surface area contributed by atoms with Gasteiger partial charge in [-0.3, -0.25) is 0 Å². The second-order valence-corrected chi connectivity index (χ2v) is 8.76. The third-order valence-electron chi connectivity index (χ3n) is 5.25. The van der Waals surface area contributed by atoms with Crippen LogP contribution in [0.2, 0.25) is 0 Å². The summed E-state index contributed by atoms with van der Waals surface area (Å²) in [6.45, 7) is 0. The first kappa shape index (κ1) is 24.3. The first-order chi connectivity index (χ1) is 16.2. The van der Waals surface area contributed by atoms with Gasteiger partial charge in [0.2, 0.25) is 11.2 Å². The Labute approximate surface area is 193 Å². The molecule has 1 N–H and O–H groups in total. The van der Waals surface area contributed by atoms with Crippen molar-refractivity contribution < 1.29 is 54.1 Å². The van der Waals surface area contributed by atoms with Crippen molar-refractivity contribution in [2.75, 3.05) is 0 Å². The Bertz CT molecular complexity index is 1650. The van der Waals surface area contributed by atoms with Crippen molar-refractivity contribution in [1.82, 2.24) is 0 Å². The van der Waals surface area contributed by atoms with Crippen LogP contribution in [0.25, 0.3) is 32.9 Å². The molecule has 0 amide bonds. The molecule has 0 saturated heterocycles. The SMILES string of the molecule is C[n+]1c2c3c(cccc3c3c(F)cc(C(=O)O)cc31)Oc1ccc(F)cc1-2.O=S(=O)([O-])C(F)(F)F. The Kier molecular flexibility index (Phi) is 5.64. The number of carboxylic acid groups (broad SMARTS) is 1. The molecule has 7 nitrogen and oxygen atoms in total. The highest BCUT2D eigenvalue weighted by Gasteiger charge is 2.37. The van der Waals surface area contributed by atoms with Crippen LogP contribution in [0.4, 0.5) is 22.0 Å². The molecule has 0 spiro atoms. The summed E-state index contributed by atoms with van der Waals surface area (Å²) >= 11 is 0. The van der Waals surface area contributed by atoms with Crippen molar-refractivity contribution in [3.63, 3.8) is 0 Å². The van der Waals surface area contributed by atoms with Gasteiger partial charge in [-0.2, -0.15) is 17.7 Å². The smallest absolute Gasteiger partial charge is 0.485 e. The van der Waals surface area contributed by atoms with E-state index in [1.807, 2.05) is 0 Å². The number of rotatable bonds is 1. The lowest BCUT2D eigenvalue weighted by atomic mass is 9.95. The van der Waals surface area contributed by atoms with Gasteiger partial charge < -0.3 is 14.4 Å². The average molecular weight is 513 g/mol. The van der Waals surface area contributed by atoms with Crippen molar-refractivity contribution in [2.45, 2.75) is 5.51 Å². The maximum absolute atomic E-state index is 14.9. The van der Waals surface area contributed by atoms with Crippen molar-refractivity contribution >= 4 is 37.8 Å². The summed E-state index contributed by atoms with van der Waals surface area (Å²) in [7, 11) is -4.38. The van der Waals surface area contributed by atoms with Crippen LogP contribution in [0.15, 0.2) is 48.5 Å². The minimum Gasteiger partial charge on any atom is -0.741 e. The van der Waals surface area contributed by atoms with Gasteiger partial charge in [-0.25, -0.2) is 22.0 Å². The maximum Gasteiger partial charge on any atom is 0.485 e. The number of pyridine rings is 1. The number of alkyl halides is 3. The Balaban J connectivity index is 0.000000314. The van der Waals surface area contributed by atoms with Crippen LogP contribution in [0.3, 0.4) is 0 Å². The molecule has 13 heteroatoms. The number of benzene rings is 3. The van der Waals surface area contributed by atoms with Gasteiger partial charge in [0, 0.05) is 11.5 Å². The predicted molar refractivity (Wildman–Crippen MR) is 111 cm³/mol. The first-order valence-electron chi connectivity index (χ1n) is 9.52. The van der Waals surface area contributed by atoms with Crippen molar-refractivity contribution in [1.29, 1.82) is 0 Å². The summed E-state index contributed by atoms with van der Waals surface area (Å²) in [6.07, 6.45) is 0. The van der Waals surface area contributed by atoms with E-state index in [9.17, 15) is 31.9 Å². The molecule has 4 aromatic rings. The Morgan fingerprint density at radius 2 is 1.69 bits per heavy atom. The van der Waals surface area contributed by atoms with E-state index in [2.05, 4.69) is 0 Å². The summed E-state index contributed by atoms with van der Waals surface area (Å²) in [5, 5.41) is 10.8. The number of halogens is 5. The Hall–Kier alpha value is -3.84. The van der Waals surface area contributed by atoms with Crippen LogP contribution in [0.5, 0.6) is 11.5 Å². The standard InChI is InChI=1S/C21H11F2NO3.CHF3O3S/c1-24-15-8-10(21(25)26)7-14(23)18(15)12-3-2-4-17-19(12)20(24)13-9-11(22)5-6-16(13)27-17;2-1(3,4)8(5,6)7/h2-9H,1H3;(H,5,6,7). The van der Waals surface area contributed by atoms with Crippen molar-refractivity contribution in [3.05, 3.63) is 65.7 Å². The van der Waals surface area contributed by atoms with Gasteiger partial charge in [0.25, 0.3) is 0 Å². The van der Waals surface area contributed by atoms with E-state index in [0.717, 1.165) is 6.07 Å². The third-order valence-corrected chi connectivity index (χ3v) is 5.81. The zero-order valence-corrected chi connectivity index (χ0v) is 18.2. The largest absolute Gasteiger partial charge is 0.741 e. The summed E-state index contributed by atoms with van der Waals surface area (Å²) in [5.74, 6) is -1.24. The van der Waals surface area contributed by atoms with E-state index in [1.54, 1.807) is 35.9 Å². The van der Waals surface area contributed by atoms with Crippen LogP contribution in [-0.4, -0.2) is 29.6 Å². The van der Waals surface area contributed by atoms with Gasteiger partial charge in [-0.1, -0.05) is 12.1 Å². The minimum atomic E-state index is -6.09. The highest BCUT2D eigenvalue weighted by molar-refractivity contribution is 7.86. The van der Waals surface area contributed by atoms with E-state index in [-0.39, 0.29) is 5.56 Å². The van der Waals surface area contributed by atoms with Gasteiger partial charge >= 0.3 is 11.5 Å². The molecule has 0 fully saturated rings. The summed E-state index contributed by atoms with van der Waals surface area (Å²) in [6, 6.07) is 11.9. The number of carboxylic acids is 1. The fraction of sp³-hybridized carbons (Fsp3) is 0.0909. The molecule has 0 radical (unpaired) electrons. The molecule has 5 rings (SSSR count). The molecule has 1 aromatic heterocycles. The first-order valence-corrected chi connectivity index (χ1v) is 10.9. The quantitative estimate of drug-likeness (QED) is 0.115. The number of aromatic nitrogens is 1. The molecule has 35 heavy (non-hydrogen) atoms. The molecular formula is C22H12F5NO6S. The number of carbonyl (C=O) groups is 1. The third kappa shape index (κ3) is 4.12. The van der Waals surface area contributed by atoms with Gasteiger partial charge in [-0.15, -0.1) is 0 Å². The maximum atomic E-state index is 14.9. The monoisotopic (exact) mass is 513 g/mol. The fourth-order valence-corrected chi connectivity index (χ4v) is 3.81. The molecule has 0 atom stereocenters. The van der Waals surface area contributed by atoms with Gasteiger partial charge in [0.1, 0.15) is 30.2 Å². The van der Waals surface area contributed by atoms with Gasteiger partial charge in [-0.05, 0) is 30.3 Å². The molecular weight excluding hydrogens is 501 g/mol. The van der Waals surface area contributed by atoms with Crippen LogP contribution >= 0.6 is 0 Å². The number of hydrogen-bond acceptors (Lipinski definition) is 5. The number of aryl methyl sites for hydroxylation is 1. The second-order valence-electron chi connectivity index (χ2n) is 7.39. The summed E-state index contributed by atoms with van der Waals surface area (Å²) < 4.78 is 95.3. The van der Waals surface area contributed by atoms with E-state index < -0.39 is 33.2 Å². The number of ether oxygens (including phenoxy) is 1. The number of aromatic carboxylic acids is 1. The molecule has 182 valence electrons. The number of hydrogen-bond donors (Lipinski definition) is 1. The highest BCUT2D eigenvalue weighted by atomic mass is 32.2. The number of nitrogens with zero attached hydrogens (tertiary/aromatic N) is 1. The second kappa shape index (κ2) is 8.13. The summed E-state index contributed by atoms with van der Waals surface area (Å²) in [4.78, 5) is 11.4. The van der Waals surface area contributed by atoms with Gasteiger partial charge in [0.05, 0.1) is 21.9 Å². The topological polar surface area (TPSA) is 108 Å². The lowest BCUT2D eigenvalue weighted by Crippen LogP contribution is -2.34. The fourth-order valence-electron chi connectivity index (χ4n) is 3.81. The van der Waals surface area contributed by atoms with E-state index in [1.165, 1.54) is 18.2 Å². The van der Waals surface area contributed by atoms with E-state index >= 15 is 0 Å². The zero-order valence-electron chi connectivity index (χ0n) is 17.4. The minimum absolute atomic E-state index is 0.148. The average Bonchev–Trinajstić information content (AvgIpc) is 2.75. The molecule has 2 heterocycles. The lowest BCUT2D eigenvalue weighted by molar-refractivity contribution is -0.632. The van der Waals surface area contributed by atoms with Crippen LogP contribution < -0.4 is 9.30 Å². The van der Waals surface area contributed by atoms with Crippen LogP contribution in [0.1, 0.15) is 10.4 Å². The molecule has 0 aliphatic carbocycles. The normalized spacial score (nSPS) is 12.5. The molecule has 3 aromatic carbocycles. The zero-order chi connectivity index (χ0) is 25.9. The van der Waals surface area contributed by atoms with Crippen LogP contribution in [-0.2, 0) is 17.2 Å². The Morgan fingerprint density at radius 1 is 1.03 bits per heavy atom. The highest BCUT2D eigenvalue weighted by Crippen LogP contribution is 2.46. The molecule has 0 unspecified atom stereocenters. The van der Waals surface area contributed by atoms with Crippen molar-refractivity contribution in [3.8, 4) is 22.8 Å². The molecule has 1 aliphatic heterocycles. The van der Waals surface area contributed by atoms with E-state index in [0.29, 0.717) is 44.4 Å². The van der Waals surface area contributed by atoms with Gasteiger partial charge in [0.15, 0.2) is 10.1 Å². The lowest BCUT2D eigenvalue weighted by Gasteiger charge is -2.20. The van der Waals surface area contributed by atoms with Crippen LogP contribution in [0, 0.1) is 11.6 Å². The molecule has 1 aliphatic rings.